The number of benzene rings is 1. The van der Waals surface area contributed by atoms with Gasteiger partial charge in [0.05, 0.1) is 0 Å². The second-order valence-electron chi connectivity index (χ2n) is 10.4. The highest BCUT2D eigenvalue weighted by Gasteiger charge is 2.57. The summed E-state index contributed by atoms with van der Waals surface area (Å²) in [5.74, 6) is 0.770. The molecule has 30 heavy (non-hydrogen) atoms. The number of nitrogens with one attached hydrogen (secondary N) is 1. The summed E-state index contributed by atoms with van der Waals surface area (Å²) in [4.78, 5) is 14.6. The Morgan fingerprint density at radius 2 is 1.73 bits per heavy atom. The van der Waals surface area contributed by atoms with Crippen molar-refractivity contribution >= 4 is 6.09 Å². The summed E-state index contributed by atoms with van der Waals surface area (Å²) >= 11 is 0. The Balaban J connectivity index is 2.02. The minimum Gasteiger partial charge on any atom is -0.465 e. The van der Waals surface area contributed by atoms with E-state index in [0.717, 1.165) is 51.5 Å². The van der Waals surface area contributed by atoms with Crippen LogP contribution in [0.4, 0.5) is 4.79 Å². The van der Waals surface area contributed by atoms with Crippen molar-refractivity contribution in [3.8, 4) is 0 Å². The number of carbonyl (C=O) groups is 1. The molecule has 1 aliphatic carbocycles. The van der Waals surface area contributed by atoms with Gasteiger partial charge in [-0.15, -0.1) is 0 Å². The van der Waals surface area contributed by atoms with Crippen LogP contribution in [0.15, 0.2) is 30.3 Å². The molecule has 1 aliphatic heterocycles. The van der Waals surface area contributed by atoms with Crippen LogP contribution < -0.4 is 5.32 Å². The molecule has 1 aromatic rings. The van der Waals surface area contributed by atoms with Crippen molar-refractivity contribution in [3.63, 3.8) is 0 Å². The molecular formula is C26H42N2O2. The first-order valence-corrected chi connectivity index (χ1v) is 12.0. The minimum absolute atomic E-state index is 0.0220. The summed E-state index contributed by atoms with van der Waals surface area (Å²) in [6, 6.07) is 10.8. The molecule has 4 heteroatoms. The zero-order valence-electron chi connectivity index (χ0n) is 19.7. The molecule has 3 rings (SSSR count). The molecular weight excluding hydrogens is 372 g/mol. The monoisotopic (exact) mass is 414 g/mol. The van der Waals surface area contributed by atoms with Gasteiger partial charge in [-0.25, -0.2) is 4.79 Å². The molecule has 1 heterocycles. The molecule has 4 unspecified atom stereocenters. The molecule has 0 bridgehead atoms. The lowest BCUT2D eigenvalue weighted by molar-refractivity contribution is -0.137. The zero-order valence-corrected chi connectivity index (χ0v) is 19.7. The third-order valence-electron chi connectivity index (χ3n) is 8.98. The van der Waals surface area contributed by atoms with Gasteiger partial charge < -0.3 is 10.4 Å². The van der Waals surface area contributed by atoms with Gasteiger partial charge in [-0.05, 0) is 63.4 Å². The SMILES string of the molecule is CCC1(C)CC(C2(NC(=O)O)CCCCC2)C(C)C(C)(CC)N1Cc1ccccc1. The first-order chi connectivity index (χ1) is 14.2. The quantitative estimate of drug-likeness (QED) is 0.562. The van der Waals surface area contributed by atoms with E-state index < -0.39 is 6.09 Å². The van der Waals surface area contributed by atoms with Gasteiger partial charge >= 0.3 is 6.09 Å². The van der Waals surface area contributed by atoms with Crippen molar-refractivity contribution < 1.29 is 9.90 Å². The number of piperidine rings is 1. The number of rotatable bonds is 6. The third kappa shape index (κ3) is 4.12. The van der Waals surface area contributed by atoms with E-state index in [2.05, 4.69) is 75.2 Å². The fourth-order valence-corrected chi connectivity index (χ4v) is 6.70. The smallest absolute Gasteiger partial charge is 0.405 e. The van der Waals surface area contributed by atoms with Crippen LogP contribution in [-0.4, -0.2) is 32.7 Å². The van der Waals surface area contributed by atoms with E-state index in [0.29, 0.717) is 11.8 Å². The molecule has 4 nitrogen and oxygen atoms in total. The van der Waals surface area contributed by atoms with Crippen LogP contribution in [0.2, 0.25) is 0 Å². The second kappa shape index (κ2) is 8.90. The highest BCUT2D eigenvalue weighted by Crippen LogP contribution is 2.54. The van der Waals surface area contributed by atoms with E-state index >= 15 is 0 Å². The van der Waals surface area contributed by atoms with Gasteiger partial charge in [-0.3, -0.25) is 4.90 Å². The van der Waals surface area contributed by atoms with E-state index in [-0.39, 0.29) is 16.6 Å². The molecule has 1 saturated heterocycles. The predicted octanol–water partition coefficient (Wildman–Crippen LogP) is 6.45. The number of hydrogen-bond acceptors (Lipinski definition) is 2. The van der Waals surface area contributed by atoms with Gasteiger partial charge in [0.2, 0.25) is 0 Å². The topological polar surface area (TPSA) is 52.6 Å². The number of nitrogens with zero attached hydrogens (tertiary/aromatic N) is 1. The molecule has 0 radical (unpaired) electrons. The van der Waals surface area contributed by atoms with Crippen molar-refractivity contribution in [2.24, 2.45) is 11.8 Å². The van der Waals surface area contributed by atoms with Crippen LogP contribution in [0.5, 0.6) is 0 Å². The van der Waals surface area contributed by atoms with Crippen LogP contribution in [0.1, 0.15) is 91.5 Å². The molecule has 0 aromatic heterocycles. The van der Waals surface area contributed by atoms with Gasteiger partial charge in [0, 0.05) is 23.2 Å². The van der Waals surface area contributed by atoms with E-state index in [4.69, 9.17) is 0 Å². The molecule has 1 saturated carbocycles. The van der Waals surface area contributed by atoms with E-state index in [1.54, 1.807) is 0 Å². The number of amides is 1. The number of hydrogen-bond donors (Lipinski definition) is 2. The third-order valence-corrected chi connectivity index (χ3v) is 8.98. The Morgan fingerprint density at radius 1 is 1.10 bits per heavy atom. The van der Waals surface area contributed by atoms with Gasteiger partial charge in [0.25, 0.3) is 0 Å². The van der Waals surface area contributed by atoms with Crippen molar-refractivity contribution in [1.29, 1.82) is 0 Å². The lowest BCUT2D eigenvalue weighted by Gasteiger charge is -2.64. The lowest BCUT2D eigenvalue weighted by Crippen LogP contribution is -2.71. The fourth-order valence-electron chi connectivity index (χ4n) is 6.70. The molecule has 1 amide bonds. The highest BCUT2D eigenvalue weighted by molar-refractivity contribution is 5.65. The average Bonchev–Trinajstić information content (AvgIpc) is 2.74. The summed E-state index contributed by atoms with van der Waals surface area (Å²) in [6.07, 6.45) is 7.77. The van der Waals surface area contributed by atoms with Crippen LogP contribution in [0.25, 0.3) is 0 Å². The Kier molecular flexibility index (Phi) is 6.86. The Bertz CT molecular complexity index is 715. The van der Waals surface area contributed by atoms with Crippen LogP contribution in [0.3, 0.4) is 0 Å². The summed E-state index contributed by atoms with van der Waals surface area (Å²) in [6.45, 7) is 12.8. The summed E-state index contributed by atoms with van der Waals surface area (Å²) in [7, 11) is 0. The Labute approximate surface area is 183 Å². The van der Waals surface area contributed by atoms with Crippen molar-refractivity contribution in [1.82, 2.24) is 10.2 Å². The maximum atomic E-state index is 11.9. The molecule has 4 atom stereocenters. The number of carboxylic acid groups (broad SMARTS) is 1. The van der Waals surface area contributed by atoms with E-state index in [9.17, 15) is 9.90 Å². The van der Waals surface area contributed by atoms with Gasteiger partial charge in [0.1, 0.15) is 0 Å². The largest absolute Gasteiger partial charge is 0.465 e. The normalized spacial score (nSPS) is 34.4. The van der Waals surface area contributed by atoms with E-state index in [1.807, 2.05) is 0 Å². The van der Waals surface area contributed by atoms with Gasteiger partial charge in [-0.2, -0.15) is 0 Å². The Hall–Kier alpha value is -1.55. The first kappa shape index (κ1) is 23.1. The first-order valence-electron chi connectivity index (χ1n) is 12.0. The standard InChI is InChI=1S/C26H42N2O2/c1-6-24(4)18-22(26(27-23(29)30)16-12-9-13-17-26)20(3)25(5,7-2)28(24)19-21-14-10-8-11-15-21/h8,10-11,14-15,20,22,27H,6-7,9,12-13,16-19H2,1-5H3,(H,29,30). The van der Waals surface area contributed by atoms with Crippen molar-refractivity contribution in [3.05, 3.63) is 35.9 Å². The minimum atomic E-state index is -0.854. The summed E-state index contributed by atoms with van der Waals surface area (Å²) in [5.41, 5.74) is 1.14. The van der Waals surface area contributed by atoms with Gasteiger partial charge in [0.15, 0.2) is 0 Å². The lowest BCUT2D eigenvalue weighted by atomic mass is 9.56. The molecule has 0 spiro atoms. The summed E-state index contributed by atoms with van der Waals surface area (Å²) in [5, 5.41) is 12.8. The summed E-state index contributed by atoms with van der Waals surface area (Å²) < 4.78 is 0. The second-order valence-corrected chi connectivity index (χ2v) is 10.4. The van der Waals surface area contributed by atoms with Gasteiger partial charge in [-0.1, -0.05) is 70.4 Å². The van der Waals surface area contributed by atoms with Crippen molar-refractivity contribution in [2.75, 3.05) is 0 Å². The van der Waals surface area contributed by atoms with E-state index in [1.165, 1.54) is 12.0 Å². The molecule has 2 N–H and O–H groups in total. The maximum absolute atomic E-state index is 11.9. The molecule has 2 fully saturated rings. The predicted molar refractivity (Wildman–Crippen MR) is 124 cm³/mol. The van der Waals surface area contributed by atoms with Crippen LogP contribution >= 0.6 is 0 Å². The Morgan fingerprint density at radius 3 is 2.27 bits per heavy atom. The molecule has 2 aliphatic rings. The molecule has 1 aromatic carbocycles. The fraction of sp³-hybridized carbons (Fsp3) is 0.731. The average molecular weight is 415 g/mol. The van der Waals surface area contributed by atoms with Crippen LogP contribution in [-0.2, 0) is 6.54 Å². The maximum Gasteiger partial charge on any atom is 0.405 e. The molecule has 168 valence electrons. The zero-order chi connectivity index (χ0) is 22.0. The number of likely N-dealkylation sites (tertiary alicyclic amines) is 1. The van der Waals surface area contributed by atoms with Crippen molar-refractivity contribution in [2.45, 2.75) is 109 Å². The van der Waals surface area contributed by atoms with Crippen LogP contribution in [0, 0.1) is 11.8 Å². The highest BCUT2D eigenvalue weighted by atomic mass is 16.4.